The smallest absolute Gasteiger partial charge is 0.124 e. The predicted octanol–water partition coefficient (Wildman–Crippen LogP) is 2.51. The van der Waals surface area contributed by atoms with Crippen molar-refractivity contribution in [3.63, 3.8) is 0 Å². The van der Waals surface area contributed by atoms with E-state index in [4.69, 9.17) is 11.1 Å². The van der Waals surface area contributed by atoms with Crippen LogP contribution in [0.15, 0.2) is 18.2 Å². The van der Waals surface area contributed by atoms with E-state index in [-0.39, 0.29) is 5.84 Å². The molecule has 0 saturated carbocycles. The molecule has 16 heavy (non-hydrogen) atoms. The van der Waals surface area contributed by atoms with Gasteiger partial charge in [-0.2, -0.15) is 0 Å². The maximum absolute atomic E-state index is 7.61. The molecule has 88 valence electrons. The van der Waals surface area contributed by atoms with Crippen LogP contribution in [0, 0.1) is 12.3 Å². The molecule has 0 radical (unpaired) electrons. The van der Waals surface area contributed by atoms with Crippen LogP contribution in [0.4, 0.5) is 5.69 Å². The summed E-state index contributed by atoms with van der Waals surface area (Å²) in [7, 11) is 0. The highest BCUT2D eigenvalue weighted by molar-refractivity contribution is 6.00. The topological polar surface area (TPSA) is 53.1 Å². The van der Waals surface area contributed by atoms with Gasteiger partial charge in [-0.25, -0.2) is 0 Å². The number of hydrogen-bond acceptors (Lipinski definition) is 2. The van der Waals surface area contributed by atoms with Gasteiger partial charge < -0.3 is 10.6 Å². The molecule has 1 rings (SSSR count). The van der Waals surface area contributed by atoms with Gasteiger partial charge in [-0.1, -0.05) is 6.07 Å². The average Bonchev–Trinajstić information content (AvgIpc) is 2.17. The summed E-state index contributed by atoms with van der Waals surface area (Å²) in [5, 5.41) is 7.61. The van der Waals surface area contributed by atoms with Crippen molar-refractivity contribution in [3.8, 4) is 0 Å². The molecule has 3 N–H and O–H groups in total. The molecular weight excluding hydrogens is 198 g/mol. The molecule has 1 aromatic carbocycles. The molecule has 0 aliphatic carbocycles. The van der Waals surface area contributed by atoms with E-state index in [1.807, 2.05) is 12.1 Å². The van der Waals surface area contributed by atoms with Gasteiger partial charge in [0.2, 0.25) is 0 Å². The van der Waals surface area contributed by atoms with E-state index in [9.17, 15) is 0 Å². The maximum atomic E-state index is 7.61. The van der Waals surface area contributed by atoms with E-state index in [0.717, 1.165) is 17.8 Å². The van der Waals surface area contributed by atoms with Gasteiger partial charge in [0.15, 0.2) is 0 Å². The number of nitrogens with two attached hydrogens (primary N) is 1. The van der Waals surface area contributed by atoms with Gasteiger partial charge in [0, 0.05) is 23.8 Å². The minimum atomic E-state index is 0.133. The van der Waals surface area contributed by atoms with Crippen molar-refractivity contribution >= 4 is 11.5 Å². The Kier molecular flexibility index (Phi) is 3.93. The minimum absolute atomic E-state index is 0.133. The van der Waals surface area contributed by atoms with Crippen LogP contribution in [0.3, 0.4) is 0 Å². The zero-order chi connectivity index (χ0) is 12.3. The number of nitrogens with zero attached hydrogens (tertiary/aromatic N) is 1. The third kappa shape index (κ3) is 2.54. The standard InChI is InChI=1S/C13H21N3/c1-5-16(9(2)3)12-8-10(4)6-7-11(12)13(14)15/h6-9H,5H2,1-4H3,(H3,14,15). The van der Waals surface area contributed by atoms with Gasteiger partial charge in [-0.05, 0) is 45.4 Å². The van der Waals surface area contributed by atoms with E-state index in [1.165, 1.54) is 5.56 Å². The van der Waals surface area contributed by atoms with Gasteiger partial charge in [0.05, 0.1) is 0 Å². The van der Waals surface area contributed by atoms with Crippen molar-refractivity contribution in [1.29, 1.82) is 5.41 Å². The number of nitrogen functional groups attached to an aromatic ring is 1. The van der Waals surface area contributed by atoms with Crippen LogP contribution < -0.4 is 10.6 Å². The second-order valence-corrected chi connectivity index (χ2v) is 4.31. The highest BCUT2D eigenvalue weighted by atomic mass is 15.1. The Hall–Kier alpha value is -1.51. The molecule has 3 heteroatoms. The third-order valence-electron chi connectivity index (χ3n) is 2.72. The zero-order valence-corrected chi connectivity index (χ0v) is 10.5. The number of aryl methyl sites for hydroxylation is 1. The normalized spacial score (nSPS) is 10.6. The zero-order valence-electron chi connectivity index (χ0n) is 10.5. The Bertz CT molecular complexity index is 383. The monoisotopic (exact) mass is 219 g/mol. The summed E-state index contributed by atoms with van der Waals surface area (Å²) in [4.78, 5) is 2.25. The molecule has 0 spiro atoms. The van der Waals surface area contributed by atoms with Crippen molar-refractivity contribution in [2.45, 2.75) is 33.7 Å². The lowest BCUT2D eigenvalue weighted by atomic mass is 10.1. The summed E-state index contributed by atoms with van der Waals surface area (Å²) in [5.41, 5.74) is 8.69. The van der Waals surface area contributed by atoms with Crippen molar-refractivity contribution in [3.05, 3.63) is 29.3 Å². The van der Waals surface area contributed by atoms with Crippen molar-refractivity contribution in [2.24, 2.45) is 5.73 Å². The molecule has 0 aliphatic rings. The number of anilines is 1. The molecule has 0 unspecified atom stereocenters. The first-order valence-corrected chi connectivity index (χ1v) is 5.69. The van der Waals surface area contributed by atoms with E-state index >= 15 is 0 Å². The quantitative estimate of drug-likeness (QED) is 0.604. The maximum Gasteiger partial charge on any atom is 0.124 e. The van der Waals surface area contributed by atoms with Crippen molar-refractivity contribution < 1.29 is 0 Å². The Morgan fingerprint density at radius 1 is 1.44 bits per heavy atom. The largest absolute Gasteiger partial charge is 0.384 e. The molecule has 0 aliphatic heterocycles. The van der Waals surface area contributed by atoms with Gasteiger partial charge in [0.1, 0.15) is 5.84 Å². The van der Waals surface area contributed by atoms with Gasteiger partial charge >= 0.3 is 0 Å². The predicted molar refractivity (Wildman–Crippen MR) is 70.4 cm³/mol. The fourth-order valence-electron chi connectivity index (χ4n) is 1.92. The average molecular weight is 219 g/mol. The molecule has 3 nitrogen and oxygen atoms in total. The van der Waals surface area contributed by atoms with E-state index in [0.29, 0.717) is 6.04 Å². The molecule has 0 fully saturated rings. The molecule has 0 amide bonds. The third-order valence-corrected chi connectivity index (χ3v) is 2.72. The van der Waals surface area contributed by atoms with Gasteiger partial charge in [-0.3, -0.25) is 5.41 Å². The number of amidine groups is 1. The van der Waals surface area contributed by atoms with Crippen LogP contribution in [-0.2, 0) is 0 Å². The van der Waals surface area contributed by atoms with Crippen LogP contribution in [0.1, 0.15) is 31.9 Å². The summed E-state index contributed by atoms with van der Waals surface area (Å²) in [6, 6.07) is 6.43. The summed E-state index contributed by atoms with van der Waals surface area (Å²) < 4.78 is 0. The second-order valence-electron chi connectivity index (χ2n) is 4.31. The Morgan fingerprint density at radius 2 is 2.06 bits per heavy atom. The second kappa shape index (κ2) is 5.01. The summed E-state index contributed by atoms with van der Waals surface area (Å²) in [6.45, 7) is 9.39. The summed E-state index contributed by atoms with van der Waals surface area (Å²) >= 11 is 0. The Balaban J connectivity index is 3.27. The number of rotatable bonds is 4. The van der Waals surface area contributed by atoms with Crippen LogP contribution in [0.5, 0.6) is 0 Å². The minimum Gasteiger partial charge on any atom is -0.384 e. The summed E-state index contributed by atoms with van der Waals surface area (Å²) in [5.74, 6) is 0.133. The van der Waals surface area contributed by atoms with Crippen molar-refractivity contribution in [1.82, 2.24) is 0 Å². The fraction of sp³-hybridized carbons (Fsp3) is 0.462. The van der Waals surface area contributed by atoms with Crippen LogP contribution in [0.2, 0.25) is 0 Å². The van der Waals surface area contributed by atoms with E-state index in [1.54, 1.807) is 0 Å². The summed E-state index contributed by atoms with van der Waals surface area (Å²) in [6.07, 6.45) is 0. The van der Waals surface area contributed by atoms with Crippen LogP contribution in [-0.4, -0.2) is 18.4 Å². The Labute approximate surface area is 97.8 Å². The molecule has 1 aromatic rings. The lowest BCUT2D eigenvalue weighted by molar-refractivity contribution is 0.703. The Morgan fingerprint density at radius 3 is 2.50 bits per heavy atom. The molecule has 0 bridgehead atoms. The molecule has 0 atom stereocenters. The number of benzene rings is 1. The van der Waals surface area contributed by atoms with Crippen LogP contribution in [0.25, 0.3) is 0 Å². The molecule has 0 saturated heterocycles. The first kappa shape index (κ1) is 12.6. The highest BCUT2D eigenvalue weighted by Crippen LogP contribution is 2.23. The first-order chi connectivity index (χ1) is 7.47. The molecule has 0 heterocycles. The highest BCUT2D eigenvalue weighted by Gasteiger charge is 2.14. The molecule has 0 aromatic heterocycles. The van der Waals surface area contributed by atoms with Crippen molar-refractivity contribution in [2.75, 3.05) is 11.4 Å². The lowest BCUT2D eigenvalue weighted by Gasteiger charge is -2.29. The fourth-order valence-corrected chi connectivity index (χ4v) is 1.92. The SMILES string of the molecule is CCN(c1cc(C)ccc1C(=N)N)C(C)C. The van der Waals surface area contributed by atoms with Gasteiger partial charge in [0.25, 0.3) is 0 Å². The van der Waals surface area contributed by atoms with E-state index < -0.39 is 0 Å². The number of nitrogens with one attached hydrogen (secondary N) is 1. The van der Waals surface area contributed by atoms with E-state index in [2.05, 4.69) is 38.7 Å². The first-order valence-electron chi connectivity index (χ1n) is 5.69. The lowest BCUT2D eigenvalue weighted by Crippen LogP contribution is -2.32. The van der Waals surface area contributed by atoms with Crippen LogP contribution >= 0.6 is 0 Å². The number of hydrogen-bond donors (Lipinski definition) is 2. The van der Waals surface area contributed by atoms with Gasteiger partial charge in [-0.15, -0.1) is 0 Å². The molecular formula is C13H21N3.